The lowest BCUT2D eigenvalue weighted by Gasteiger charge is -2.12. The Balaban J connectivity index is 1.97. The molecule has 0 saturated heterocycles. The molecule has 3 aromatic carbocycles. The van der Waals surface area contributed by atoms with Gasteiger partial charge in [-0.3, -0.25) is 4.79 Å². The largest absolute Gasteiger partial charge is 0.512 e. The van der Waals surface area contributed by atoms with Crippen molar-refractivity contribution < 1.29 is 28.9 Å². The average Bonchev–Trinajstić information content (AvgIpc) is 2.93. The topological polar surface area (TPSA) is 88.8 Å². The van der Waals surface area contributed by atoms with E-state index in [2.05, 4.69) is 0 Å². The Morgan fingerprint density at radius 1 is 0.966 bits per heavy atom. The molecule has 0 fully saturated rings. The number of hydrogen-bond donors (Lipinski definition) is 2. The summed E-state index contributed by atoms with van der Waals surface area (Å²) in [7, 11) is 0. The highest BCUT2D eigenvalue weighted by Gasteiger charge is 2.23. The van der Waals surface area contributed by atoms with Crippen LogP contribution < -0.4 is 4.74 Å². The van der Waals surface area contributed by atoms with E-state index in [0.29, 0.717) is 10.9 Å². The Bertz CT molecular complexity index is 1260. The average molecular weight is 393 g/mol. The number of nitrogens with zero attached hydrogens (tertiary/aromatic N) is 1. The van der Waals surface area contributed by atoms with Gasteiger partial charge in [0.25, 0.3) is 0 Å². The van der Waals surface area contributed by atoms with Crippen LogP contribution in [0.25, 0.3) is 21.7 Å². The first-order valence-corrected chi connectivity index (χ1v) is 8.84. The number of carboxylic acids is 1. The van der Waals surface area contributed by atoms with Crippen molar-refractivity contribution in [1.29, 1.82) is 0 Å². The standard InChI is InChI=1S/C22H16FNO5/c23-15-8-9-19-17(10-15)18(11-20(25)26)21(29-22(27)28)24(19)12-14-6-3-5-13-4-1-2-7-16(13)14/h1-10H,11-12H2,(H,25,26)(H,27,28). The second-order valence-electron chi connectivity index (χ2n) is 6.61. The predicted molar refractivity (Wildman–Crippen MR) is 105 cm³/mol. The van der Waals surface area contributed by atoms with Crippen LogP contribution in [0, 0.1) is 5.82 Å². The summed E-state index contributed by atoms with van der Waals surface area (Å²) in [6.45, 7) is 0.228. The number of rotatable bonds is 5. The molecule has 1 aromatic heterocycles. The molecule has 0 amide bonds. The summed E-state index contributed by atoms with van der Waals surface area (Å²) in [4.78, 5) is 22.7. The normalized spacial score (nSPS) is 11.1. The lowest BCUT2D eigenvalue weighted by molar-refractivity contribution is -0.136. The smallest absolute Gasteiger partial charge is 0.481 e. The number of halogens is 1. The van der Waals surface area contributed by atoms with Gasteiger partial charge in [0.1, 0.15) is 5.82 Å². The maximum atomic E-state index is 13.9. The van der Waals surface area contributed by atoms with Crippen LogP contribution in [0.2, 0.25) is 0 Å². The van der Waals surface area contributed by atoms with Crippen LogP contribution in [0.5, 0.6) is 5.88 Å². The maximum absolute atomic E-state index is 13.9. The van der Waals surface area contributed by atoms with E-state index in [1.807, 2.05) is 42.5 Å². The van der Waals surface area contributed by atoms with Crippen molar-refractivity contribution in [2.45, 2.75) is 13.0 Å². The van der Waals surface area contributed by atoms with E-state index in [4.69, 9.17) is 4.74 Å². The van der Waals surface area contributed by atoms with Crippen molar-refractivity contribution in [3.8, 4) is 5.88 Å². The van der Waals surface area contributed by atoms with E-state index in [1.165, 1.54) is 18.2 Å². The zero-order valence-corrected chi connectivity index (χ0v) is 15.1. The Kier molecular flexibility index (Phi) is 4.64. The van der Waals surface area contributed by atoms with Gasteiger partial charge in [0, 0.05) is 10.9 Å². The molecular formula is C22H16FNO5. The number of carboxylic acid groups (broad SMARTS) is 2. The molecule has 146 valence electrons. The summed E-state index contributed by atoms with van der Waals surface area (Å²) in [5.74, 6) is -1.84. The highest BCUT2D eigenvalue weighted by atomic mass is 19.1. The van der Waals surface area contributed by atoms with Crippen LogP contribution in [-0.2, 0) is 17.8 Å². The summed E-state index contributed by atoms with van der Waals surface area (Å²) in [5.41, 5.74) is 1.50. The predicted octanol–water partition coefficient (Wildman–Crippen LogP) is 4.67. The quantitative estimate of drug-likeness (QED) is 0.481. The minimum Gasteiger partial charge on any atom is -0.481 e. The van der Waals surface area contributed by atoms with E-state index in [1.54, 1.807) is 4.57 Å². The van der Waals surface area contributed by atoms with Gasteiger partial charge in [0.2, 0.25) is 5.88 Å². The fourth-order valence-corrected chi connectivity index (χ4v) is 3.65. The molecule has 0 aliphatic rings. The summed E-state index contributed by atoms with van der Waals surface area (Å²) in [5, 5.41) is 20.8. The van der Waals surface area contributed by atoms with Gasteiger partial charge < -0.3 is 19.5 Å². The molecule has 6 nitrogen and oxygen atoms in total. The van der Waals surface area contributed by atoms with E-state index in [9.17, 15) is 24.2 Å². The molecule has 0 spiro atoms. The third kappa shape index (κ3) is 3.50. The second-order valence-corrected chi connectivity index (χ2v) is 6.61. The fourth-order valence-electron chi connectivity index (χ4n) is 3.65. The molecule has 1 heterocycles. The number of hydrogen-bond acceptors (Lipinski definition) is 3. The van der Waals surface area contributed by atoms with E-state index in [-0.39, 0.29) is 18.0 Å². The van der Waals surface area contributed by atoms with Crippen LogP contribution in [0.1, 0.15) is 11.1 Å². The zero-order valence-electron chi connectivity index (χ0n) is 15.1. The number of aromatic nitrogens is 1. The minimum atomic E-state index is -1.57. The summed E-state index contributed by atoms with van der Waals surface area (Å²) >= 11 is 0. The number of fused-ring (bicyclic) bond motifs is 2. The highest BCUT2D eigenvalue weighted by molar-refractivity contribution is 5.92. The molecule has 4 aromatic rings. The lowest BCUT2D eigenvalue weighted by atomic mass is 10.0. The summed E-state index contributed by atoms with van der Waals surface area (Å²) < 4.78 is 20.4. The first-order valence-electron chi connectivity index (χ1n) is 8.84. The third-order valence-corrected chi connectivity index (χ3v) is 4.80. The summed E-state index contributed by atoms with van der Waals surface area (Å²) in [6.07, 6.45) is -2.07. The molecule has 0 atom stereocenters. The Labute approximate surface area is 164 Å². The van der Waals surface area contributed by atoms with Gasteiger partial charge in [0.05, 0.1) is 18.5 Å². The van der Waals surface area contributed by atoms with Gasteiger partial charge in [-0.05, 0) is 34.5 Å². The van der Waals surface area contributed by atoms with Gasteiger partial charge in [-0.25, -0.2) is 9.18 Å². The molecule has 2 N–H and O–H groups in total. The van der Waals surface area contributed by atoms with E-state index in [0.717, 1.165) is 16.3 Å². The van der Waals surface area contributed by atoms with E-state index < -0.39 is 24.4 Å². The molecule has 4 rings (SSSR count). The number of carbonyl (C=O) groups is 2. The van der Waals surface area contributed by atoms with Gasteiger partial charge in [-0.1, -0.05) is 42.5 Å². The maximum Gasteiger partial charge on any atom is 0.512 e. The molecule has 0 aliphatic carbocycles. The van der Waals surface area contributed by atoms with Gasteiger partial charge >= 0.3 is 12.1 Å². The van der Waals surface area contributed by atoms with Gasteiger partial charge in [-0.15, -0.1) is 0 Å². The molecule has 0 aliphatic heterocycles. The molecular weight excluding hydrogens is 377 g/mol. The van der Waals surface area contributed by atoms with Crippen molar-refractivity contribution in [1.82, 2.24) is 4.57 Å². The number of ether oxygens (including phenoxy) is 1. The minimum absolute atomic E-state index is 0.117. The lowest BCUT2D eigenvalue weighted by Crippen LogP contribution is -2.12. The molecule has 7 heteroatoms. The Morgan fingerprint density at radius 2 is 1.72 bits per heavy atom. The Morgan fingerprint density at radius 3 is 2.48 bits per heavy atom. The van der Waals surface area contributed by atoms with Gasteiger partial charge in [0.15, 0.2) is 0 Å². The fraction of sp³-hybridized carbons (Fsp3) is 0.0909. The van der Waals surface area contributed by atoms with Gasteiger partial charge in [-0.2, -0.15) is 0 Å². The second kappa shape index (κ2) is 7.27. The molecule has 29 heavy (non-hydrogen) atoms. The SMILES string of the molecule is O=C(O)Cc1c(OC(=O)O)n(Cc2cccc3ccccc23)c2ccc(F)cc12. The Hall–Kier alpha value is -3.87. The number of benzene rings is 3. The molecule has 0 unspecified atom stereocenters. The first-order chi connectivity index (χ1) is 13.9. The van der Waals surface area contributed by atoms with Crippen LogP contribution in [0.3, 0.4) is 0 Å². The third-order valence-electron chi connectivity index (χ3n) is 4.80. The molecule has 0 radical (unpaired) electrons. The zero-order chi connectivity index (χ0) is 20.5. The van der Waals surface area contributed by atoms with Crippen molar-refractivity contribution in [3.63, 3.8) is 0 Å². The number of aliphatic carboxylic acids is 1. The van der Waals surface area contributed by atoms with Crippen molar-refractivity contribution in [2.24, 2.45) is 0 Å². The van der Waals surface area contributed by atoms with Crippen LogP contribution in [0.15, 0.2) is 60.7 Å². The van der Waals surface area contributed by atoms with Crippen molar-refractivity contribution in [2.75, 3.05) is 0 Å². The summed E-state index contributed by atoms with van der Waals surface area (Å²) in [6, 6.07) is 17.4. The van der Waals surface area contributed by atoms with Crippen LogP contribution >= 0.6 is 0 Å². The van der Waals surface area contributed by atoms with Crippen LogP contribution in [0.4, 0.5) is 9.18 Å². The van der Waals surface area contributed by atoms with E-state index >= 15 is 0 Å². The monoisotopic (exact) mass is 393 g/mol. The van der Waals surface area contributed by atoms with Crippen LogP contribution in [-0.4, -0.2) is 26.9 Å². The molecule has 0 saturated carbocycles. The van der Waals surface area contributed by atoms with Crippen molar-refractivity contribution in [3.05, 3.63) is 77.6 Å². The first kappa shape index (κ1) is 18.5. The highest BCUT2D eigenvalue weighted by Crippen LogP contribution is 2.35. The molecule has 0 bridgehead atoms. The van der Waals surface area contributed by atoms with Crippen molar-refractivity contribution >= 4 is 33.8 Å².